The van der Waals surface area contributed by atoms with Gasteiger partial charge < -0.3 is 15.0 Å². The Morgan fingerprint density at radius 3 is 3.16 bits per heavy atom. The van der Waals surface area contributed by atoms with E-state index >= 15 is 0 Å². The zero-order valence-electron chi connectivity index (χ0n) is 13.8. The number of hydrogen-bond donors (Lipinski definition) is 1. The van der Waals surface area contributed by atoms with Crippen LogP contribution >= 0.6 is 0 Å². The molecule has 1 fully saturated rings. The van der Waals surface area contributed by atoms with Gasteiger partial charge in [-0.3, -0.25) is 4.79 Å². The summed E-state index contributed by atoms with van der Waals surface area (Å²) in [6, 6.07) is 7.50. The molecule has 3 aromatic rings. The summed E-state index contributed by atoms with van der Waals surface area (Å²) in [4.78, 5) is 23.5. The maximum absolute atomic E-state index is 12.9. The van der Waals surface area contributed by atoms with Crippen molar-refractivity contribution in [2.24, 2.45) is 0 Å². The molecule has 1 aliphatic rings. The molecule has 1 amide bonds. The SMILES string of the molecule is CNc1cccc([C@@H]2CN(C(=O)c3cnn4cccnc34)CCO2)n1. The van der Waals surface area contributed by atoms with Crippen molar-refractivity contribution >= 4 is 17.4 Å². The molecule has 0 unspecified atom stereocenters. The summed E-state index contributed by atoms with van der Waals surface area (Å²) in [7, 11) is 1.82. The fraction of sp³-hybridized carbons (Fsp3) is 0.294. The number of anilines is 1. The molecule has 1 N–H and O–H groups in total. The molecular formula is C17H18N6O2. The van der Waals surface area contributed by atoms with Gasteiger partial charge in [0.1, 0.15) is 17.5 Å². The predicted octanol–water partition coefficient (Wildman–Crippen LogP) is 1.38. The number of pyridine rings is 1. The van der Waals surface area contributed by atoms with Gasteiger partial charge >= 0.3 is 0 Å². The Morgan fingerprint density at radius 2 is 2.28 bits per heavy atom. The molecule has 8 heteroatoms. The molecule has 25 heavy (non-hydrogen) atoms. The van der Waals surface area contributed by atoms with E-state index in [1.165, 1.54) is 0 Å². The first-order chi connectivity index (χ1) is 12.3. The second-order valence-corrected chi connectivity index (χ2v) is 5.75. The molecule has 0 aromatic carbocycles. The highest BCUT2D eigenvalue weighted by Crippen LogP contribution is 2.23. The number of fused-ring (bicyclic) bond motifs is 1. The third kappa shape index (κ3) is 2.91. The average Bonchev–Trinajstić information content (AvgIpc) is 3.11. The van der Waals surface area contributed by atoms with Crippen LogP contribution in [0.3, 0.4) is 0 Å². The molecule has 0 bridgehead atoms. The topological polar surface area (TPSA) is 84.7 Å². The van der Waals surface area contributed by atoms with E-state index in [0.717, 1.165) is 11.5 Å². The number of nitrogens with one attached hydrogen (secondary N) is 1. The van der Waals surface area contributed by atoms with Crippen LogP contribution in [0.1, 0.15) is 22.2 Å². The predicted molar refractivity (Wildman–Crippen MR) is 91.4 cm³/mol. The van der Waals surface area contributed by atoms with Crippen LogP contribution in [0.4, 0.5) is 5.82 Å². The standard InChI is InChI=1S/C17H18N6O2/c1-18-15-5-2-4-13(21-15)14-11-22(8-9-25-14)17(24)12-10-20-23-7-3-6-19-16(12)23/h2-7,10,14H,8-9,11H2,1H3,(H,18,21)/t14-/m0/s1. The summed E-state index contributed by atoms with van der Waals surface area (Å²) in [5.74, 6) is 0.683. The van der Waals surface area contributed by atoms with Gasteiger partial charge in [0.15, 0.2) is 5.65 Å². The van der Waals surface area contributed by atoms with Crippen molar-refractivity contribution in [3.05, 3.63) is 54.1 Å². The molecule has 128 valence electrons. The minimum atomic E-state index is -0.249. The number of nitrogens with zero attached hydrogens (tertiary/aromatic N) is 5. The van der Waals surface area contributed by atoms with Gasteiger partial charge in [-0.15, -0.1) is 0 Å². The van der Waals surface area contributed by atoms with E-state index in [1.807, 2.05) is 25.2 Å². The molecule has 0 saturated carbocycles. The quantitative estimate of drug-likeness (QED) is 0.777. The Kier molecular flexibility index (Phi) is 4.02. The van der Waals surface area contributed by atoms with Gasteiger partial charge in [0.25, 0.3) is 5.91 Å². The maximum atomic E-state index is 12.9. The van der Waals surface area contributed by atoms with Crippen molar-refractivity contribution < 1.29 is 9.53 Å². The van der Waals surface area contributed by atoms with Crippen molar-refractivity contribution in [2.45, 2.75) is 6.10 Å². The third-order valence-electron chi connectivity index (χ3n) is 4.22. The summed E-state index contributed by atoms with van der Waals surface area (Å²) in [6.45, 7) is 1.45. The van der Waals surface area contributed by atoms with Crippen LogP contribution in [0.15, 0.2) is 42.9 Å². The second kappa shape index (κ2) is 6.48. The Balaban J connectivity index is 1.57. The van der Waals surface area contributed by atoms with Gasteiger partial charge in [0, 0.05) is 26.0 Å². The molecule has 3 aromatic heterocycles. The zero-order chi connectivity index (χ0) is 17.2. The van der Waals surface area contributed by atoms with Crippen LogP contribution < -0.4 is 5.32 Å². The Labute approximate surface area is 144 Å². The molecule has 0 spiro atoms. The largest absolute Gasteiger partial charge is 0.373 e. The number of ether oxygens (including phenoxy) is 1. The highest BCUT2D eigenvalue weighted by atomic mass is 16.5. The van der Waals surface area contributed by atoms with E-state index in [-0.39, 0.29) is 12.0 Å². The minimum absolute atomic E-state index is 0.0910. The lowest BCUT2D eigenvalue weighted by atomic mass is 10.1. The third-order valence-corrected chi connectivity index (χ3v) is 4.22. The van der Waals surface area contributed by atoms with Crippen molar-refractivity contribution in [1.82, 2.24) is 24.5 Å². The lowest BCUT2D eigenvalue weighted by Crippen LogP contribution is -2.42. The van der Waals surface area contributed by atoms with Gasteiger partial charge in [-0.2, -0.15) is 5.10 Å². The van der Waals surface area contributed by atoms with E-state index < -0.39 is 0 Å². The Morgan fingerprint density at radius 1 is 1.36 bits per heavy atom. The maximum Gasteiger partial charge on any atom is 0.259 e. The minimum Gasteiger partial charge on any atom is -0.373 e. The number of hydrogen-bond acceptors (Lipinski definition) is 6. The average molecular weight is 338 g/mol. The molecule has 4 heterocycles. The normalized spacial score (nSPS) is 17.6. The monoisotopic (exact) mass is 338 g/mol. The number of carbonyl (C=O) groups excluding carboxylic acids is 1. The Bertz CT molecular complexity index is 909. The summed E-state index contributed by atoms with van der Waals surface area (Å²) in [5, 5.41) is 7.21. The van der Waals surface area contributed by atoms with Crippen LogP contribution in [-0.4, -0.2) is 57.1 Å². The number of morpholine rings is 1. The zero-order valence-corrected chi connectivity index (χ0v) is 13.8. The second-order valence-electron chi connectivity index (χ2n) is 5.75. The van der Waals surface area contributed by atoms with E-state index in [4.69, 9.17) is 4.74 Å². The van der Waals surface area contributed by atoms with Crippen molar-refractivity contribution in [2.75, 3.05) is 32.1 Å². The lowest BCUT2D eigenvalue weighted by molar-refractivity contribution is -0.0246. The molecule has 1 atom stereocenters. The van der Waals surface area contributed by atoms with Crippen LogP contribution in [0.2, 0.25) is 0 Å². The van der Waals surface area contributed by atoms with Crippen LogP contribution in [-0.2, 0) is 4.74 Å². The summed E-state index contributed by atoms with van der Waals surface area (Å²) < 4.78 is 7.43. The highest BCUT2D eigenvalue weighted by molar-refractivity contribution is 5.99. The summed E-state index contributed by atoms with van der Waals surface area (Å²) >= 11 is 0. The molecule has 0 radical (unpaired) electrons. The van der Waals surface area contributed by atoms with Crippen LogP contribution in [0, 0.1) is 0 Å². The van der Waals surface area contributed by atoms with Crippen molar-refractivity contribution in [3.8, 4) is 0 Å². The number of amides is 1. The van der Waals surface area contributed by atoms with Gasteiger partial charge in [0.2, 0.25) is 0 Å². The van der Waals surface area contributed by atoms with Gasteiger partial charge in [-0.1, -0.05) is 6.07 Å². The van der Waals surface area contributed by atoms with Crippen LogP contribution in [0.5, 0.6) is 0 Å². The van der Waals surface area contributed by atoms with E-state index in [1.54, 1.807) is 34.1 Å². The molecule has 4 rings (SSSR count). The molecule has 1 saturated heterocycles. The van der Waals surface area contributed by atoms with Gasteiger partial charge in [-0.25, -0.2) is 14.5 Å². The Hall–Kier alpha value is -3.00. The first kappa shape index (κ1) is 15.5. The molecular weight excluding hydrogens is 320 g/mol. The van der Waals surface area contributed by atoms with Crippen molar-refractivity contribution in [3.63, 3.8) is 0 Å². The van der Waals surface area contributed by atoms with Gasteiger partial charge in [0.05, 0.1) is 25.0 Å². The fourth-order valence-electron chi connectivity index (χ4n) is 2.93. The van der Waals surface area contributed by atoms with E-state index in [2.05, 4.69) is 20.4 Å². The molecule has 1 aliphatic heterocycles. The van der Waals surface area contributed by atoms with E-state index in [9.17, 15) is 4.79 Å². The lowest BCUT2D eigenvalue weighted by Gasteiger charge is -2.32. The summed E-state index contributed by atoms with van der Waals surface area (Å²) in [6.07, 6.45) is 4.74. The van der Waals surface area contributed by atoms with Crippen LogP contribution in [0.25, 0.3) is 5.65 Å². The van der Waals surface area contributed by atoms with Gasteiger partial charge in [-0.05, 0) is 18.2 Å². The first-order valence-electron chi connectivity index (χ1n) is 8.10. The number of aromatic nitrogens is 4. The number of carbonyl (C=O) groups is 1. The van der Waals surface area contributed by atoms with E-state index in [0.29, 0.717) is 30.9 Å². The number of rotatable bonds is 3. The van der Waals surface area contributed by atoms with Crippen molar-refractivity contribution in [1.29, 1.82) is 0 Å². The molecule has 8 nitrogen and oxygen atoms in total. The highest BCUT2D eigenvalue weighted by Gasteiger charge is 2.28. The summed E-state index contributed by atoms with van der Waals surface area (Å²) in [5.41, 5.74) is 1.87. The smallest absolute Gasteiger partial charge is 0.259 e. The fourth-order valence-corrected chi connectivity index (χ4v) is 2.93. The first-order valence-corrected chi connectivity index (χ1v) is 8.10. The molecule has 0 aliphatic carbocycles.